The van der Waals surface area contributed by atoms with Gasteiger partial charge in [-0.2, -0.15) is 23.4 Å². The molecule has 0 bridgehead atoms. The maximum Gasteiger partial charge on any atom is 0.432 e. The van der Waals surface area contributed by atoms with E-state index in [1.807, 2.05) is 5.10 Å². The van der Waals surface area contributed by atoms with Gasteiger partial charge in [0.25, 0.3) is 0 Å². The lowest BCUT2D eigenvalue weighted by Crippen LogP contribution is -2.16. The van der Waals surface area contributed by atoms with Crippen LogP contribution in [0.1, 0.15) is 16.8 Å². The highest BCUT2D eigenvalue weighted by Crippen LogP contribution is 2.44. The van der Waals surface area contributed by atoms with Crippen LogP contribution in [-0.2, 0) is 12.8 Å². The van der Waals surface area contributed by atoms with E-state index < -0.39 is 11.9 Å². The molecule has 0 amide bonds. The van der Waals surface area contributed by atoms with Gasteiger partial charge in [0.15, 0.2) is 5.84 Å². The molecule has 4 aromatic rings. The van der Waals surface area contributed by atoms with Crippen LogP contribution in [0.25, 0.3) is 22.4 Å². The van der Waals surface area contributed by atoms with Crippen molar-refractivity contribution in [2.45, 2.75) is 12.8 Å². The highest BCUT2D eigenvalue weighted by Gasteiger charge is 2.33. The molecular formula is C25H21ClF3N5O2. The second-order valence-electron chi connectivity index (χ2n) is 7.71. The van der Waals surface area contributed by atoms with E-state index in [-0.39, 0.29) is 35.0 Å². The third-order valence-corrected chi connectivity index (χ3v) is 5.56. The van der Waals surface area contributed by atoms with Crippen LogP contribution >= 0.6 is 11.6 Å². The molecule has 3 aromatic carbocycles. The Bertz CT molecular complexity index is 1380. The number of nitrogens with one attached hydrogen (secondary N) is 2. The van der Waals surface area contributed by atoms with Crippen molar-refractivity contribution in [3.8, 4) is 33.9 Å². The minimum Gasteiger partial charge on any atom is -0.506 e. The average Bonchev–Trinajstić information content (AvgIpc) is 3.35. The van der Waals surface area contributed by atoms with Gasteiger partial charge in [0.1, 0.15) is 23.8 Å². The fraction of sp³-hybridized carbons (Fsp3) is 0.120. The molecule has 4 rings (SSSR count). The minimum absolute atomic E-state index is 0.0626. The smallest absolute Gasteiger partial charge is 0.432 e. The molecule has 1 heterocycles. The van der Waals surface area contributed by atoms with Crippen molar-refractivity contribution in [2.24, 2.45) is 10.8 Å². The van der Waals surface area contributed by atoms with Gasteiger partial charge in [-0.3, -0.25) is 5.10 Å². The molecule has 0 aliphatic rings. The van der Waals surface area contributed by atoms with E-state index in [1.54, 1.807) is 61.6 Å². The summed E-state index contributed by atoms with van der Waals surface area (Å²) in [5, 5.41) is 21.4. The van der Waals surface area contributed by atoms with E-state index in [1.165, 1.54) is 6.07 Å². The number of rotatable bonds is 7. The second kappa shape index (κ2) is 10.2. The lowest BCUT2D eigenvalue weighted by molar-refractivity contribution is -0.141. The number of phenolic OH excluding ortho intramolecular Hbond substituents is 1. The van der Waals surface area contributed by atoms with Crippen molar-refractivity contribution < 1.29 is 23.0 Å². The van der Waals surface area contributed by atoms with Crippen LogP contribution in [0.5, 0.6) is 11.5 Å². The number of benzene rings is 3. The summed E-state index contributed by atoms with van der Waals surface area (Å²) in [5.41, 5.74) is 9.85. The van der Waals surface area contributed by atoms with Gasteiger partial charge in [0.05, 0.1) is 11.3 Å². The predicted octanol–water partition coefficient (Wildman–Crippen LogP) is 5.54. The Labute approximate surface area is 209 Å². The van der Waals surface area contributed by atoms with Gasteiger partial charge in [0.2, 0.25) is 0 Å². The third-order valence-electron chi connectivity index (χ3n) is 5.31. The first-order chi connectivity index (χ1) is 17.2. The number of alkyl halides is 3. The molecule has 186 valence electrons. The van der Waals surface area contributed by atoms with Gasteiger partial charge in [-0.05, 0) is 41.5 Å². The van der Waals surface area contributed by atoms with Crippen LogP contribution < -0.4 is 15.9 Å². The summed E-state index contributed by atoms with van der Waals surface area (Å²) in [6.07, 6.45) is -4.60. The summed E-state index contributed by atoms with van der Waals surface area (Å²) < 4.78 is 45.2. The van der Waals surface area contributed by atoms with Crippen molar-refractivity contribution in [3.05, 3.63) is 88.6 Å². The lowest BCUT2D eigenvalue weighted by atomic mass is 9.97. The monoisotopic (exact) mass is 515 g/mol. The summed E-state index contributed by atoms with van der Waals surface area (Å²) in [7, 11) is 1.62. The zero-order valence-corrected chi connectivity index (χ0v) is 19.7. The summed E-state index contributed by atoms with van der Waals surface area (Å²) in [4.78, 5) is 0. The van der Waals surface area contributed by atoms with Crippen LogP contribution in [0, 0.1) is 0 Å². The van der Waals surface area contributed by atoms with E-state index in [2.05, 4.69) is 15.6 Å². The standard InChI is InChI=1S/C25H21ClF3N5O2/c1-31-34-24(30)16-6-4-15(5-7-16)22-20(36-13-14-2-8-17(26)9-3-14)11-10-18(23(22)35)19-12-21(33-32-19)25(27,28)29/h2-12,31,35H,13H2,1H3,(H2,30,34)(H,32,33). The molecule has 0 spiro atoms. The number of aromatic hydroxyl groups is 1. The average molecular weight is 516 g/mol. The van der Waals surface area contributed by atoms with E-state index in [9.17, 15) is 18.3 Å². The number of aromatic nitrogens is 2. The first-order valence-corrected chi connectivity index (χ1v) is 11.0. The van der Waals surface area contributed by atoms with E-state index >= 15 is 0 Å². The van der Waals surface area contributed by atoms with Crippen LogP contribution in [0.4, 0.5) is 13.2 Å². The van der Waals surface area contributed by atoms with Crippen molar-refractivity contribution in [1.29, 1.82) is 0 Å². The molecule has 0 saturated carbocycles. The van der Waals surface area contributed by atoms with Gasteiger partial charge < -0.3 is 21.0 Å². The van der Waals surface area contributed by atoms with Gasteiger partial charge in [-0.15, -0.1) is 0 Å². The summed E-state index contributed by atoms with van der Waals surface area (Å²) in [6.45, 7) is 0.170. The molecule has 0 saturated heterocycles. The maximum absolute atomic E-state index is 13.1. The van der Waals surface area contributed by atoms with E-state index in [0.29, 0.717) is 21.9 Å². The van der Waals surface area contributed by atoms with E-state index in [0.717, 1.165) is 11.6 Å². The van der Waals surface area contributed by atoms with Crippen molar-refractivity contribution in [1.82, 2.24) is 15.6 Å². The molecule has 0 unspecified atom stereocenters. The van der Waals surface area contributed by atoms with Crippen molar-refractivity contribution >= 4 is 17.4 Å². The molecule has 0 atom stereocenters. The molecule has 0 fully saturated rings. The number of ether oxygens (including phenoxy) is 1. The van der Waals surface area contributed by atoms with E-state index in [4.69, 9.17) is 22.1 Å². The predicted molar refractivity (Wildman–Crippen MR) is 132 cm³/mol. The highest BCUT2D eigenvalue weighted by atomic mass is 35.5. The number of phenols is 1. The van der Waals surface area contributed by atoms with Gasteiger partial charge in [-0.1, -0.05) is 48.0 Å². The lowest BCUT2D eigenvalue weighted by Gasteiger charge is -2.16. The molecule has 5 N–H and O–H groups in total. The molecular weight excluding hydrogens is 495 g/mol. The summed E-state index contributed by atoms with van der Waals surface area (Å²) >= 11 is 5.94. The van der Waals surface area contributed by atoms with Crippen LogP contribution in [0.3, 0.4) is 0 Å². The maximum atomic E-state index is 13.1. The Hall–Kier alpha value is -4.18. The van der Waals surface area contributed by atoms with Crippen molar-refractivity contribution in [2.75, 3.05) is 7.05 Å². The van der Waals surface area contributed by atoms with Gasteiger partial charge >= 0.3 is 6.18 Å². The Balaban J connectivity index is 1.77. The van der Waals surface area contributed by atoms with Crippen LogP contribution in [0.2, 0.25) is 5.02 Å². The Morgan fingerprint density at radius 1 is 1.11 bits per heavy atom. The van der Waals surface area contributed by atoms with Crippen LogP contribution in [0.15, 0.2) is 71.8 Å². The second-order valence-corrected chi connectivity index (χ2v) is 8.15. The number of H-pyrrole nitrogens is 1. The Morgan fingerprint density at radius 2 is 1.81 bits per heavy atom. The molecule has 0 aliphatic carbocycles. The summed E-state index contributed by atoms with van der Waals surface area (Å²) in [6, 6.07) is 17.7. The SMILES string of the molecule is CN/N=C(/N)c1ccc(-c2c(OCc3ccc(Cl)cc3)ccc(-c3cc(C(F)(F)F)[nH]n3)c2O)cc1. The van der Waals surface area contributed by atoms with Gasteiger partial charge in [-0.25, -0.2) is 0 Å². The normalized spacial score (nSPS) is 12.0. The number of hydrazone groups is 1. The number of amidine groups is 1. The number of hydrogen-bond acceptors (Lipinski definition) is 5. The van der Waals surface area contributed by atoms with Gasteiger partial charge in [0, 0.05) is 23.2 Å². The fourth-order valence-corrected chi connectivity index (χ4v) is 3.64. The number of hydrogen-bond donors (Lipinski definition) is 4. The fourth-order valence-electron chi connectivity index (χ4n) is 3.52. The number of halogens is 4. The summed E-state index contributed by atoms with van der Waals surface area (Å²) in [5.74, 6) is 0.299. The number of nitrogens with two attached hydrogens (primary N) is 1. The molecule has 0 radical (unpaired) electrons. The Kier molecular flexibility index (Phi) is 7.07. The molecule has 7 nitrogen and oxygen atoms in total. The quantitative estimate of drug-likeness (QED) is 0.147. The zero-order valence-electron chi connectivity index (χ0n) is 18.9. The largest absolute Gasteiger partial charge is 0.506 e. The molecule has 1 aromatic heterocycles. The Morgan fingerprint density at radius 3 is 2.42 bits per heavy atom. The molecule has 11 heteroatoms. The van der Waals surface area contributed by atoms with Crippen molar-refractivity contribution in [3.63, 3.8) is 0 Å². The third kappa shape index (κ3) is 5.38. The molecule has 0 aliphatic heterocycles. The number of nitrogens with zero attached hydrogens (tertiary/aromatic N) is 2. The first kappa shape index (κ1) is 24.9. The first-order valence-electron chi connectivity index (χ1n) is 10.6. The topological polar surface area (TPSA) is 109 Å². The minimum atomic E-state index is -4.60. The highest BCUT2D eigenvalue weighted by molar-refractivity contribution is 6.30. The number of aromatic amines is 1. The van der Waals surface area contributed by atoms with Crippen LogP contribution in [-0.4, -0.2) is 28.2 Å². The molecule has 36 heavy (non-hydrogen) atoms. The zero-order chi connectivity index (χ0) is 25.9.